The van der Waals surface area contributed by atoms with Crippen molar-refractivity contribution < 1.29 is 9.59 Å². The second-order valence-electron chi connectivity index (χ2n) is 12.9. The number of aryl methyl sites for hydroxylation is 1. The van der Waals surface area contributed by atoms with Gasteiger partial charge in [0.1, 0.15) is 12.2 Å². The third-order valence-corrected chi connectivity index (χ3v) is 8.83. The van der Waals surface area contributed by atoms with Crippen molar-refractivity contribution >= 4 is 23.2 Å². The molecular formula is C44H43N9O2. The van der Waals surface area contributed by atoms with Crippen molar-refractivity contribution in [2.45, 2.75) is 31.5 Å². The second-order valence-corrected chi connectivity index (χ2v) is 12.9. The lowest BCUT2D eigenvalue weighted by molar-refractivity contribution is -0.118. The van der Waals surface area contributed by atoms with Crippen molar-refractivity contribution in [1.82, 2.24) is 30.0 Å². The summed E-state index contributed by atoms with van der Waals surface area (Å²) in [5.74, 6) is 0.481. The van der Waals surface area contributed by atoms with Crippen LogP contribution in [0.15, 0.2) is 165 Å². The van der Waals surface area contributed by atoms with E-state index in [4.69, 9.17) is 5.73 Å². The fourth-order valence-corrected chi connectivity index (χ4v) is 5.86. The third-order valence-electron chi connectivity index (χ3n) is 8.83. The Hall–Kier alpha value is -6.82. The minimum absolute atomic E-state index is 0.0992. The summed E-state index contributed by atoms with van der Waals surface area (Å²) in [6.45, 7) is 0.443. The van der Waals surface area contributed by atoms with Crippen molar-refractivity contribution in [3.05, 3.63) is 182 Å². The molecule has 4 aromatic carbocycles. The Morgan fingerprint density at radius 1 is 0.618 bits per heavy atom. The van der Waals surface area contributed by atoms with E-state index in [0.717, 1.165) is 50.6 Å². The molecular weight excluding hydrogens is 687 g/mol. The van der Waals surface area contributed by atoms with Gasteiger partial charge in [-0.05, 0) is 94.8 Å². The first-order valence-electron chi connectivity index (χ1n) is 17.9. The molecule has 0 saturated carbocycles. The summed E-state index contributed by atoms with van der Waals surface area (Å²) < 4.78 is 1.84. The summed E-state index contributed by atoms with van der Waals surface area (Å²) in [7, 11) is 1.88. The van der Waals surface area contributed by atoms with Crippen LogP contribution in [0.5, 0.6) is 0 Å². The number of carbonyl (C=O) groups is 2. The lowest BCUT2D eigenvalue weighted by Gasteiger charge is -2.19. The maximum atomic E-state index is 13.2. The Kier molecular flexibility index (Phi) is 13.3. The van der Waals surface area contributed by atoms with Crippen LogP contribution in [0, 0.1) is 0 Å². The molecule has 11 nitrogen and oxygen atoms in total. The Labute approximate surface area is 320 Å². The summed E-state index contributed by atoms with van der Waals surface area (Å²) in [6, 6.07) is 42.0. The molecule has 3 aromatic heterocycles. The Morgan fingerprint density at radius 3 is 1.64 bits per heavy atom. The molecule has 55 heavy (non-hydrogen) atoms. The molecule has 0 saturated heterocycles. The van der Waals surface area contributed by atoms with Gasteiger partial charge in [0.05, 0.1) is 18.6 Å². The summed E-state index contributed by atoms with van der Waals surface area (Å²) in [5.41, 5.74) is 13.8. The van der Waals surface area contributed by atoms with Gasteiger partial charge in [-0.2, -0.15) is 0 Å². The van der Waals surface area contributed by atoms with Gasteiger partial charge >= 0.3 is 0 Å². The number of benzene rings is 4. The molecule has 0 unspecified atom stereocenters. The smallest absolute Gasteiger partial charge is 0.241 e. The van der Waals surface area contributed by atoms with E-state index in [0.29, 0.717) is 19.4 Å². The van der Waals surface area contributed by atoms with Crippen LogP contribution < -0.4 is 21.7 Å². The third kappa shape index (κ3) is 11.3. The number of amides is 2. The Morgan fingerprint density at radius 2 is 1.13 bits per heavy atom. The fraction of sp³-hybridized carbons (Fsp3) is 0.136. The first-order chi connectivity index (χ1) is 26.9. The van der Waals surface area contributed by atoms with E-state index in [1.165, 1.54) is 0 Å². The van der Waals surface area contributed by atoms with Crippen molar-refractivity contribution in [1.29, 1.82) is 0 Å². The van der Waals surface area contributed by atoms with E-state index < -0.39 is 12.1 Å². The van der Waals surface area contributed by atoms with Crippen molar-refractivity contribution in [3.8, 4) is 22.3 Å². The second kappa shape index (κ2) is 19.3. The maximum absolute atomic E-state index is 13.2. The van der Waals surface area contributed by atoms with Crippen LogP contribution in [0.3, 0.4) is 0 Å². The molecule has 2 atom stereocenters. The van der Waals surface area contributed by atoms with Gasteiger partial charge in [-0.1, -0.05) is 84.9 Å². The molecule has 0 spiro atoms. The monoisotopic (exact) mass is 729 g/mol. The van der Waals surface area contributed by atoms with E-state index in [2.05, 4.69) is 36.1 Å². The van der Waals surface area contributed by atoms with Gasteiger partial charge in [0.2, 0.25) is 11.8 Å². The molecule has 0 radical (unpaired) electrons. The van der Waals surface area contributed by atoms with E-state index in [1.807, 2.05) is 145 Å². The first kappa shape index (κ1) is 37.9. The van der Waals surface area contributed by atoms with Crippen LogP contribution in [0.2, 0.25) is 0 Å². The standard InChI is InChI=1S/C24H24N6O.C20H19N3O/c1-30-17-27-29-23(30)16-26-22(14-18-6-3-2-4-7-18)24(31)28-21-9-5-8-20(15-21)19-10-12-25-13-11-19;21-19(13-15-5-2-1-3-6-15)20(24)23-18-8-4-7-17(14-18)16-9-11-22-12-10-16/h2-13,15,17,22,26H,14,16H2,1H3,(H,28,31);1-12,14,19H,13,21H2,(H,23,24)/t22-;19-/m00/s1. The van der Waals surface area contributed by atoms with Crippen LogP contribution in [0.1, 0.15) is 17.0 Å². The van der Waals surface area contributed by atoms with Crippen molar-refractivity contribution in [3.63, 3.8) is 0 Å². The molecule has 3 heterocycles. The molecule has 5 N–H and O–H groups in total. The molecule has 0 aliphatic heterocycles. The highest BCUT2D eigenvalue weighted by Gasteiger charge is 2.20. The quantitative estimate of drug-likeness (QED) is 0.105. The molecule has 0 aliphatic rings. The van der Waals surface area contributed by atoms with Crippen LogP contribution in [0.4, 0.5) is 11.4 Å². The maximum Gasteiger partial charge on any atom is 0.241 e. The number of carbonyl (C=O) groups excluding carboxylic acids is 2. The number of nitrogens with zero attached hydrogens (tertiary/aromatic N) is 5. The number of aromatic nitrogens is 5. The zero-order chi connectivity index (χ0) is 38.2. The molecule has 276 valence electrons. The van der Waals surface area contributed by atoms with Crippen LogP contribution in [-0.2, 0) is 36.0 Å². The van der Waals surface area contributed by atoms with Gasteiger partial charge < -0.3 is 20.9 Å². The molecule has 0 bridgehead atoms. The van der Waals surface area contributed by atoms with Gasteiger partial charge in [-0.3, -0.25) is 24.9 Å². The van der Waals surface area contributed by atoms with Crippen molar-refractivity contribution in [2.24, 2.45) is 12.8 Å². The molecule has 7 rings (SSSR count). The van der Waals surface area contributed by atoms with Crippen LogP contribution in [-0.4, -0.2) is 48.6 Å². The zero-order valence-corrected chi connectivity index (χ0v) is 30.5. The predicted molar refractivity (Wildman–Crippen MR) is 217 cm³/mol. The van der Waals surface area contributed by atoms with Gasteiger partial charge in [-0.25, -0.2) is 0 Å². The molecule has 7 aromatic rings. The SMILES string of the molecule is Cn1cnnc1CN[C@@H](Cc1ccccc1)C(=O)Nc1cccc(-c2ccncc2)c1.N[C@@H](Cc1ccccc1)C(=O)Nc1cccc(-c2ccncc2)c1. The summed E-state index contributed by atoms with van der Waals surface area (Å²) in [6.07, 6.45) is 9.73. The lowest BCUT2D eigenvalue weighted by Crippen LogP contribution is -2.42. The van der Waals surface area contributed by atoms with Gasteiger partial charge in [0.15, 0.2) is 0 Å². The number of rotatable bonds is 13. The van der Waals surface area contributed by atoms with Gasteiger partial charge in [-0.15, -0.1) is 10.2 Å². The van der Waals surface area contributed by atoms with E-state index >= 15 is 0 Å². The minimum Gasteiger partial charge on any atom is -0.325 e. The Balaban J connectivity index is 0.000000193. The highest BCUT2D eigenvalue weighted by atomic mass is 16.2. The van der Waals surface area contributed by atoms with Gasteiger partial charge in [0.25, 0.3) is 0 Å². The highest BCUT2D eigenvalue weighted by Crippen LogP contribution is 2.23. The molecule has 11 heteroatoms. The number of nitrogens with one attached hydrogen (secondary N) is 3. The molecule has 0 aliphatic carbocycles. The number of hydrogen-bond acceptors (Lipinski definition) is 8. The van der Waals surface area contributed by atoms with E-state index in [1.54, 1.807) is 31.1 Å². The lowest BCUT2D eigenvalue weighted by atomic mass is 10.0. The first-order valence-corrected chi connectivity index (χ1v) is 17.9. The summed E-state index contributed by atoms with van der Waals surface area (Å²) >= 11 is 0. The van der Waals surface area contributed by atoms with Gasteiger partial charge in [0, 0.05) is 43.2 Å². The van der Waals surface area contributed by atoms with Crippen molar-refractivity contribution in [2.75, 3.05) is 10.6 Å². The normalized spacial score (nSPS) is 11.7. The number of nitrogens with two attached hydrogens (primary N) is 1. The summed E-state index contributed by atoms with van der Waals surface area (Å²) in [4.78, 5) is 33.6. The topological polar surface area (TPSA) is 153 Å². The minimum atomic E-state index is -0.586. The van der Waals surface area contributed by atoms with E-state index in [-0.39, 0.29) is 11.8 Å². The van der Waals surface area contributed by atoms with Crippen LogP contribution >= 0.6 is 0 Å². The fourth-order valence-electron chi connectivity index (χ4n) is 5.86. The number of hydrogen-bond donors (Lipinski definition) is 4. The van der Waals surface area contributed by atoms with E-state index in [9.17, 15) is 9.59 Å². The predicted octanol–water partition coefficient (Wildman–Crippen LogP) is 6.47. The highest BCUT2D eigenvalue weighted by molar-refractivity contribution is 5.96. The molecule has 0 fully saturated rings. The average Bonchev–Trinajstić information content (AvgIpc) is 3.65. The zero-order valence-electron chi connectivity index (χ0n) is 30.5. The summed E-state index contributed by atoms with van der Waals surface area (Å²) in [5, 5.41) is 17.3. The number of pyridine rings is 2. The Bertz CT molecular complexity index is 2250. The number of anilines is 2. The molecule has 2 amide bonds. The average molecular weight is 730 g/mol. The largest absolute Gasteiger partial charge is 0.325 e. The van der Waals surface area contributed by atoms with Crippen LogP contribution in [0.25, 0.3) is 22.3 Å².